The molecule has 0 spiro atoms. The van der Waals surface area contributed by atoms with E-state index in [-0.39, 0.29) is 18.4 Å². The van der Waals surface area contributed by atoms with Crippen LogP contribution in [0.1, 0.15) is 63.5 Å². The van der Waals surface area contributed by atoms with Gasteiger partial charge in [0.15, 0.2) is 0 Å². The highest BCUT2D eigenvalue weighted by atomic mass is 16.4. The Morgan fingerprint density at radius 1 is 1.31 bits per heavy atom. The average molecular weight is 360 g/mol. The molecule has 0 aromatic heterocycles. The monoisotopic (exact) mass is 360 g/mol. The number of hydrogen-bond acceptors (Lipinski definition) is 3. The number of amides is 1. The number of nitrogens with zero attached hydrogens (tertiary/aromatic N) is 1. The minimum Gasteiger partial charge on any atom is -0.481 e. The second-order valence-electron chi connectivity index (χ2n) is 7.79. The Bertz CT molecular complexity index is 642. The molecule has 26 heavy (non-hydrogen) atoms. The van der Waals surface area contributed by atoms with Gasteiger partial charge in [0.2, 0.25) is 5.91 Å². The number of carboxylic acid groups (broad SMARTS) is 1. The summed E-state index contributed by atoms with van der Waals surface area (Å²) in [6, 6.07) is 5.90. The van der Waals surface area contributed by atoms with Gasteiger partial charge in [-0.25, -0.2) is 0 Å². The quantitative estimate of drug-likeness (QED) is 0.770. The third-order valence-electron chi connectivity index (χ3n) is 5.42. The topological polar surface area (TPSA) is 69.6 Å². The summed E-state index contributed by atoms with van der Waals surface area (Å²) in [5.41, 5.74) is 3.16. The standard InChI is InChI=1S/C21H32N2O3/c1-14(2)18-9-5-7-15(3)20(18)22-21(26)16(4)23-12-6-8-17(13-23)10-11-19(24)25/h5,7,9,14,16-17H,6,8,10-13H2,1-4H3,(H,22,26)(H,24,25). The molecule has 5 nitrogen and oxygen atoms in total. The molecule has 144 valence electrons. The van der Waals surface area contributed by atoms with E-state index in [9.17, 15) is 9.59 Å². The molecule has 1 aliphatic rings. The van der Waals surface area contributed by atoms with E-state index < -0.39 is 5.97 Å². The van der Waals surface area contributed by atoms with Crippen LogP contribution < -0.4 is 5.32 Å². The molecule has 1 amide bonds. The van der Waals surface area contributed by atoms with Gasteiger partial charge < -0.3 is 10.4 Å². The summed E-state index contributed by atoms with van der Waals surface area (Å²) in [6.45, 7) is 9.92. The maximum absolute atomic E-state index is 12.9. The van der Waals surface area contributed by atoms with Gasteiger partial charge in [-0.3, -0.25) is 14.5 Å². The molecule has 2 unspecified atom stereocenters. The van der Waals surface area contributed by atoms with Crippen molar-refractivity contribution in [2.45, 2.75) is 65.3 Å². The first-order chi connectivity index (χ1) is 12.3. The lowest BCUT2D eigenvalue weighted by atomic mass is 9.92. The molecule has 1 saturated heterocycles. The van der Waals surface area contributed by atoms with Crippen molar-refractivity contribution in [3.05, 3.63) is 29.3 Å². The Morgan fingerprint density at radius 2 is 2.04 bits per heavy atom. The Kier molecular flexibility index (Phi) is 7.21. The van der Waals surface area contributed by atoms with Crippen molar-refractivity contribution in [1.82, 2.24) is 4.90 Å². The Balaban J connectivity index is 2.02. The van der Waals surface area contributed by atoms with Crippen LogP contribution in [-0.2, 0) is 9.59 Å². The molecule has 2 atom stereocenters. The van der Waals surface area contributed by atoms with Gasteiger partial charge in [0.1, 0.15) is 0 Å². The number of hydrogen-bond donors (Lipinski definition) is 2. The fraction of sp³-hybridized carbons (Fsp3) is 0.619. The smallest absolute Gasteiger partial charge is 0.303 e. The predicted molar refractivity (Wildman–Crippen MR) is 105 cm³/mol. The van der Waals surface area contributed by atoms with E-state index in [1.165, 1.54) is 0 Å². The number of rotatable bonds is 7. The highest BCUT2D eigenvalue weighted by molar-refractivity contribution is 5.96. The number of aliphatic carboxylic acids is 1. The number of nitrogens with one attached hydrogen (secondary N) is 1. The molecule has 1 heterocycles. The first-order valence-electron chi connectivity index (χ1n) is 9.65. The third-order valence-corrected chi connectivity index (χ3v) is 5.42. The van der Waals surface area contributed by atoms with Crippen molar-refractivity contribution in [3.8, 4) is 0 Å². The number of likely N-dealkylation sites (tertiary alicyclic amines) is 1. The number of carbonyl (C=O) groups is 2. The SMILES string of the molecule is Cc1cccc(C(C)C)c1NC(=O)C(C)N1CCCC(CCC(=O)O)C1. The van der Waals surface area contributed by atoms with Gasteiger partial charge in [-0.15, -0.1) is 0 Å². The molecule has 2 rings (SSSR count). The first-order valence-corrected chi connectivity index (χ1v) is 9.65. The maximum atomic E-state index is 12.9. The van der Waals surface area contributed by atoms with E-state index in [0.29, 0.717) is 18.3 Å². The second-order valence-corrected chi connectivity index (χ2v) is 7.79. The van der Waals surface area contributed by atoms with Gasteiger partial charge in [0.25, 0.3) is 0 Å². The number of carboxylic acids is 1. The zero-order valence-electron chi connectivity index (χ0n) is 16.4. The lowest BCUT2D eigenvalue weighted by Crippen LogP contribution is -2.47. The molecule has 2 N–H and O–H groups in total. The van der Waals surface area contributed by atoms with Crippen LogP contribution in [0.5, 0.6) is 0 Å². The zero-order chi connectivity index (χ0) is 19.3. The largest absolute Gasteiger partial charge is 0.481 e. The lowest BCUT2D eigenvalue weighted by Gasteiger charge is -2.36. The van der Waals surface area contributed by atoms with Crippen molar-refractivity contribution in [1.29, 1.82) is 0 Å². The fourth-order valence-corrected chi connectivity index (χ4v) is 3.75. The van der Waals surface area contributed by atoms with Crippen molar-refractivity contribution >= 4 is 17.6 Å². The zero-order valence-corrected chi connectivity index (χ0v) is 16.4. The summed E-state index contributed by atoms with van der Waals surface area (Å²) >= 11 is 0. The molecule has 0 saturated carbocycles. The molecule has 1 aromatic rings. The molecule has 0 aliphatic carbocycles. The van der Waals surface area contributed by atoms with E-state index >= 15 is 0 Å². The number of benzene rings is 1. The molecule has 0 bridgehead atoms. The summed E-state index contributed by atoms with van der Waals surface area (Å²) in [6.07, 6.45) is 2.96. The second kappa shape index (κ2) is 9.17. The molecule has 5 heteroatoms. The van der Waals surface area contributed by atoms with Crippen molar-refractivity contribution in [3.63, 3.8) is 0 Å². The van der Waals surface area contributed by atoms with Gasteiger partial charge in [-0.2, -0.15) is 0 Å². The predicted octanol–water partition coefficient (Wildman–Crippen LogP) is 4.02. The van der Waals surface area contributed by atoms with Crippen LogP contribution in [0.15, 0.2) is 18.2 Å². The highest BCUT2D eigenvalue weighted by Gasteiger charge is 2.28. The molecule has 1 fully saturated rings. The molecule has 1 aliphatic heterocycles. The van der Waals surface area contributed by atoms with Gasteiger partial charge in [-0.1, -0.05) is 32.0 Å². The van der Waals surface area contributed by atoms with E-state index in [1.807, 2.05) is 26.0 Å². The fourth-order valence-electron chi connectivity index (χ4n) is 3.75. The number of para-hydroxylation sites is 1. The average Bonchev–Trinajstić information content (AvgIpc) is 2.61. The minimum atomic E-state index is -0.742. The summed E-state index contributed by atoms with van der Waals surface area (Å²) in [7, 11) is 0. The van der Waals surface area contributed by atoms with Crippen LogP contribution in [0.2, 0.25) is 0 Å². The normalized spacial score (nSPS) is 19.3. The molecule has 1 aromatic carbocycles. The van der Waals surface area contributed by atoms with Crippen LogP contribution in [0.3, 0.4) is 0 Å². The van der Waals surface area contributed by atoms with Crippen LogP contribution >= 0.6 is 0 Å². The molecule has 0 radical (unpaired) electrons. The molecular formula is C21H32N2O3. The highest BCUT2D eigenvalue weighted by Crippen LogP contribution is 2.28. The van der Waals surface area contributed by atoms with Crippen molar-refractivity contribution < 1.29 is 14.7 Å². The number of anilines is 1. The van der Waals surface area contributed by atoms with Gasteiger partial charge in [0.05, 0.1) is 6.04 Å². The Labute approximate surface area is 156 Å². The van der Waals surface area contributed by atoms with Crippen LogP contribution in [0.4, 0.5) is 5.69 Å². The molecular weight excluding hydrogens is 328 g/mol. The summed E-state index contributed by atoms with van der Waals surface area (Å²) in [5, 5.41) is 12.0. The number of piperidine rings is 1. The number of carbonyl (C=O) groups excluding carboxylic acids is 1. The maximum Gasteiger partial charge on any atom is 0.303 e. The summed E-state index contributed by atoms with van der Waals surface area (Å²) in [5.74, 6) is -0.0237. The lowest BCUT2D eigenvalue weighted by molar-refractivity contribution is -0.137. The van der Waals surface area contributed by atoms with Crippen LogP contribution in [-0.4, -0.2) is 41.0 Å². The van der Waals surface area contributed by atoms with Gasteiger partial charge in [-0.05, 0) is 62.6 Å². The van der Waals surface area contributed by atoms with Crippen LogP contribution in [0, 0.1) is 12.8 Å². The Hall–Kier alpha value is -1.88. The van der Waals surface area contributed by atoms with E-state index in [0.717, 1.165) is 42.7 Å². The van der Waals surface area contributed by atoms with E-state index in [1.54, 1.807) is 0 Å². The van der Waals surface area contributed by atoms with E-state index in [2.05, 4.69) is 30.1 Å². The summed E-state index contributed by atoms with van der Waals surface area (Å²) in [4.78, 5) is 25.9. The van der Waals surface area contributed by atoms with E-state index in [4.69, 9.17) is 5.11 Å². The van der Waals surface area contributed by atoms with Gasteiger partial charge >= 0.3 is 5.97 Å². The third kappa shape index (κ3) is 5.31. The number of aryl methyl sites for hydroxylation is 1. The van der Waals surface area contributed by atoms with Crippen LogP contribution in [0.25, 0.3) is 0 Å². The Morgan fingerprint density at radius 3 is 2.69 bits per heavy atom. The minimum absolute atomic E-state index is 0.0140. The first kappa shape index (κ1) is 20.4. The summed E-state index contributed by atoms with van der Waals surface area (Å²) < 4.78 is 0. The van der Waals surface area contributed by atoms with Gasteiger partial charge in [0, 0.05) is 18.7 Å². The van der Waals surface area contributed by atoms with Crippen molar-refractivity contribution in [2.24, 2.45) is 5.92 Å². The van der Waals surface area contributed by atoms with Crippen molar-refractivity contribution in [2.75, 3.05) is 18.4 Å².